The minimum Gasteiger partial charge on any atom is -0.386 e. The molecule has 0 aliphatic carbocycles. The third-order valence-corrected chi connectivity index (χ3v) is 3.30. The fourth-order valence-electron chi connectivity index (χ4n) is 2.34. The molecule has 1 fully saturated rings. The first-order chi connectivity index (χ1) is 8.76. The summed E-state index contributed by atoms with van der Waals surface area (Å²) in [5.41, 5.74) is 1.46. The maximum atomic E-state index is 12.4. The Morgan fingerprint density at radius 1 is 1.67 bits per heavy atom. The van der Waals surface area contributed by atoms with Gasteiger partial charge in [0.25, 0.3) is 5.91 Å². The largest absolute Gasteiger partial charge is 0.386 e. The van der Waals surface area contributed by atoms with E-state index < -0.39 is 0 Å². The lowest BCUT2D eigenvalue weighted by molar-refractivity contribution is 0.0776. The van der Waals surface area contributed by atoms with Crippen LogP contribution in [0.4, 0.5) is 5.69 Å². The molecule has 1 aromatic heterocycles. The maximum Gasteiger partial charge on any atom is 0.256 e. The number of nitrogens with zero attached hydrogens (tertiary/aromatic N) is 2. The molecule has 1 aliphatic rings. The van der Waals surface area contributed by atoms with Gasteiger partial charge in [0.05, 0.1) is 24.1 Å². The molecule has 5 nitrogen and oxygen atoms in total. The molecule has 5 heteroatoms. The number of rotatable bonds is 4. The summed E-state index contributed by atoms with van der Waals surface area (Å²) in [6.45, 7) is 2.30. The smallest absolute Gasteiger partial charge is 0.256 e. The lowest BCUT2D eigenvalue weighted by atomic mass is 10.1. The number of carbonyl (C=O) groups excluding carboxylic acids is 1. The second-order valence-electron chi connectivity index (χ2n) is 4.53. The fraction of sp³-hybridized carbons (Fsp3) is 0.538. The van der Waals surface area contributed by atoms with Crippen LogP contribution < -0.4 is 5.32 Å². The molecule has 2 heterocycles. The number of anilines is 1. The Hall–Kier alpha value is -1.62. The lowest BCUT2D eigenvalue weighted by Crippen LogP contribution is -2.29. The molecule has 0 aromatic carbocycles. The van der Waals surface area contributed by atoms with Crippen molar-refractivity contribution in [3.63, 3.8) is 0 Å². The summed E-state index contributed by atoms with van der Waals surface area (Å²) in [4.78, 5) is 18.3. The SMILES string of the molecule is CNc1cnccc1C(=O)N1CCC(COC)C1. The molecule has 2 rings (SSSR count). The van der Waals surface area contributed by atoms with Gasteiger partial charge in [0.1, 0.15) is 0 Å². The van der Waals surface area contributed by atoms with E-state index in [4.69, 9.17) is 4.74 Å². The average molecular weight is 249 g/mol. The predicted octanol–water partition coefficient (Wildman–Crippen LogP) is 1.23. The van der Waals surface area contributed by atoms with Crippen molar-refractivity contribution in [3.8, 4) is 0 Å². The van der Waals surface area contributed by atoms with Crippen LogP contribution in [-0.2, 0) is 4.74 Å². The summed E-state index contributed by atoms with van der Waals surface area (Å²) in [5.74, 6) is 0.527. The molecule has 0 radical (unpaired) electrons. The Morgan fingerprint density at radius 3 is 3.22 bits per heavy atom. The number of nitrogens with one attached hydrogen (secondary N) is 1. The predicted molar refractivity (Wildman–Crippen MR) is 69.7 cm³/mol. The average Bonchev–Trinajstić information content (AvgIpc) is 2.87. The van der Waals surface area contributed by atoms with Crippen LogP contribution in [0, 0.1) is 5.92 Å². The Bertz CT molecular complexity index is 422. The number of aromatic nitrogens is 1. The normalized spacial score (nSPS) is 19.0. The second kappa shape index (κ2) is 5.82. The highest BCUT2D eigenvalue weighted by atomic mass is 16.5. The van der Waals surface area contributed by atoms with Crippen molar-refractivity contribution < 1.29 is 9.53 Å². The zero-order valence-corrected chi connectivity index (χ0v) is 10.8. The van der Waals surface area contributed by atoms with E-state index in [-0.39, 0.29) is 5.91 Å². The van der Waals surface area contributed by atoms with Crippen LogP contribution in [0.15, 0.2) is 18.5 Å². The summed E-state index contributed by atoms with van der Waals surface area (Å²) in [6.07, 6.45) is 4.34. The van der Waals surface area contributed by atoms with Crippen molar-refractivity contribution in [1.82, 2.24) is 9.88 Å². The molecule has 18 heavy (non-hydrogen) atoms. The molecule has 0 bridgehead atoms. The molecule has 1 amide bonds. The highest BCUT2D eigenvalue weighted by molar-refractivity contribution is 5.99. The number of methoxy groups -OCH3 is 1. The van der Waals surface area contributed by atoms with E-state index in [1.165, 1.54) is 0 Å². The minimum absolute atomic E-state index is 0.0698. The van der Waals surface area contributed by atoms with Gasteiger partial charge in [-0.3, -0.25) is 9.78 Å². The van der Waals surface area contributed by atoms with E-state index in [0.717, 1.165) is 31.8 Å². The summed E-state index contributed by atoms with van der Waals surface area (Å²) in [5, 5.41) is 3.00. The lowest BCUT2D eigenvalue weighted by Gasteiger charge is -2.18. The van der Waals surface area contributed by atoms with Crippen molar-refractivity contribution >= 4 is 11.6 Å². The van der Waals surface area contributed by atoms with Gasteiger partial charge in [0.15, 0.2) is 0 Å². The van der Waals surface area contributed by atoms with E-state index in [1.54, 1.807) is 32.6 Å². The Morgan fingerprint density at radius 2 is 2.50 bits per heavy atom. The Kier molecular flexibility index (Phi) is 4.15. The number of likely N-dealkylation sites (tertiary alicyclic amines) is 1. The highest BCUT2D eigenvalue weighted by Crippen LogP contribution is 2.21. The number of pyridine rings is 1. The van der Waals surface area contributed by atoms with E-state index in [0.29, 0.717) is 11.5 Å². The number of amides is 1. The van der Waals surface area contributed by atoms with Gasteiger partial charge >= 0.3 is 0 Å². The van der Waals surface area contributed by atoms with Crippen LogP contribution in [0.25, 0.3) is 0 Å². The zero-order valence-electron chi connectivity index (χ0n) is 10.8. The van der Waals surface area contributed by atoms with Gasteiger partial charge < -0.3 is 15.0 Å². The van der Waals surface area contributed by atoms with Gasteiger partial charge in [-0.2, -0.15) is 0 Å². The van der Waals surface area contributed by atoms with Gasteiger partial charge in [-0.25, -0.2) is 0 Å². The molecule has 1 aromatic rings. The van der Waals surface area contributed by atoms with Gasteiger partial charge in [-0.15, -0.1) is 0 Å². The van der Waals surface area contributed by atoms with Crippen molar-refractivity contribution in [2.75, 3.05) is 39.2 Å². The van der Waals surface area contributed by atoms with Gasteiger partial charge in [-0.1, -0.05) is 0 Å². The van der Waals surface area contributed by atoms with Crippen molar-refractivity contribution in [2.24, 2.45) is 5.92 Å². The van der Waals surface area contributed by atoms with Gasteiger partial charge in [-0.05, 0) is 12.5 Å². The van der Waals surface area contributed by atoms with E-state index in [1.807, 2.05) is 4.90 Å². The molecular weight excluding hydrogens is 230 g/mol. The maximum absolute atomic E-state index is 12.4. The first-order valence-electron chi connectivity index (χ1n) is 6.16. The van der Waals surface area contributed by atoms with Crippen LogP contribution in [0.3, 0.4) is 0 Å². The highest BCUT2D eigenvalue weighted by Gasteiger charge is 2.27. The summed E-state index contributed by atoms with van der Waals surface area (Å²) < 4.78 is 5.14. The first-order valence-corrected chi connectivity index (χ1v) is 6.16. The van der Waals surface area contributed by atoms with Crippen molar-refractivity contribution in [1.29, 1.82) is 0 Å². The first kappa shape index (κ1) is 12.8. The van der Waals surface area contributed by atoms with Crippen molar-refractivity contribution in [3.05, 3.63) is 24.0 Å². The van der Waals surface area contributed by atoms with Gasteiger partial charge in [0, 0.05) is 39.4 Å². The van der Waals surface area contributed by atoms with E-state index in [2.05, 4.69) is 10.3 Å². The summed E-state index contributed by atoms with van der Waals surface area (Å²) in [6, 6.07) is 1.76. The molecular formula is C13H19N3O2. The molecule has 0 saturated carbocycles. The number of hydrogen-bond donors (Lipinski definition) is 1. The van der Waals surface area contributed by atoms with Crippen LogP contribution in [-0.4, -0.2) is 49.6 Å². The quantitative estimate of drug-likeness (QED) is 0.872. The standard InChI is InChI=1S/C13H19N3O2/c1-14-12-7-15-5-3-11(12)13(17)16-6-4-10(8-16)9-18-2/h3,5,7,10,14H,4,6,8-9H2,1-2H3. The number of ether oxygens (including phenoxy) is 1. The van der Waals surface area contributed by atoms with Crippen LogP contribution >= 0.6 is 0 Å². The third kappa shape index (κ3) is 2.61. The number of carbonyl (C=O) groups is 1. The zero-order chi connectivity index (χ0) is 13.0. The van der Waals surface area contributed by atoms with E-state index >= 15 is 0 Å². The van der Waals surface area contributed by atoms with Crippen LogP contribution in [0.2, 0.25) is 0 Å². The molecule has 1 atom stereocenters. The number of hydrogen-bond acceptors (Lipinski definition) is 4. The molecule has 1 unspecified atom stereocenters. The Balaban J connectivity index is 2.08. The molecule has 98 valence electrons. The van der Waals surface area contributed by atoms with Crippen LogP contribution in [0.1, 0.15) is 16.8 Å². The van der Waals surface area contributed by atoms with E-state index in [9.17, 15) is 4.79 Å². The molecule has 1 saturated heterocycles. The van der Waals surface area contributed by atoms with Gasteiger partial charge in [0.2, 0.25) is 0 Å². The molecule has 1 N–H and O–H groups in total. The monoisotopic (exact) mass is 249 g/mol. The van der Waals surface area contributed by atoms with Crippen LogP contribution in [0.5, 0.6) is 0 Å². The Labute approximate surface area is 107 Å². The van der Waals surface area contributed by atoms with Crippen molar-refractivity contribution in [2.45, 2.75) is 6.42 Å². The topological polar surface area (TPSA) is 54.5 Å². The summed E-state index contributed by atoms with van der Waals surface area (Å²) in [7, 11) is 3.50. The summed E-state index contributed by atoms with van der Waals surface area (Å²) >= 11 is 0. The second-order valence-corrected chi connectivity index (χ2v) is 4.53. The molecule has 1 aliphatic heterocycles. The fourth-order valence-corrected chi connectivity index (χ4v) is 2.34. The molecule has 0 spiro atoms. The minimum atomic E-state index is 0.0698. The third-order valence-electron chi connectivity index (χ3n) is 3.30.